The van der Waals surface area contributed by atoms with Gasteiger partial charge >= 0.3 is 0 Å². The minimum Gasteiger partial charge on any atom is -0.508 e. The molecule has 0 spiro atoms. The van der Waals surface area contributed by atoms with Gasteiger partial charge in [0.25, 0.3) is 0 Å². The zero-order chi connectivity index (χ0) is 17.9. The van der Waals surface area contributed by atoms with Crippen LogP contribution in [0.15, 0.2) is 48.5 Å². The maximum Gasteiger partial charge on any atom is 0.227 e. The molecule has 0 aromatic heterocycles. The van der Waals surface area contributed by atoms with E-state index in [-0.39, 0.29) is 17.9 Å². The number of phenols is 1. The van der Waals surface area contributed by atoms with Gasteiger partial charge in [-0.15, -0.1) is 0 Å². The van der Waals surface area contributed by atoms with Gasteiger partial charge in [0, 0.05) is 25.7 Å². The Labute approximate surface area is 154 Å². The number of aromatic hydroxyl groups is 1. The fraction of sp³-hybridized carbons (Fsp3) is 0.409. The molecular formula is C22H26N2O2. The number of likely N-dealkylation sites (tertiary alicyclic amines) is 1. The predicted molar refractivity (Wildman–Crippen MR) is 102 cm³/mol. The van der Waals surface area contributed by atoms with Crippen molar-refractivity contribution in [3.63, 3.8) is 0 Å². The van der Waals surface area contributed by atoms with Crippen molar-refractivity contribution in [1.29, 1.82) is 0 Å². The van der Waals surface area contributed by atoms with Gasteiger partial charge < -0.3 is 10.4 Å². The van der Waals surface area contributed by atoms with Crippen LogP contribution in [0.5, 0.6) is 5.75 Å². The van der Waals surface area contributed by atoms with Gasteiger partial charge in [0.15, 0.2) is 0 Å². The van der Waals surface area contributed by atoms with Crippen LogP contribution in [0, 0.1) is 0 Å². The van der Waals surface area contributed by atoms with Crippen LogP contribution >= 0.6 is 0 Å². The van der Waals surface area contributed by atoms with Gasteiger partial charge in [0.05, 0.1) is 5.92 Å². The smallest absolute Gasteiger partial charge is 0.227 e. The second-order valence-corrected chi connectivity index (χ2v) is 7.52. The number of carbonyl (C=O) groups is 1. The van der Waals surface area contributed by atoms with Crippen molar-refractivity contribution in [2.45, 2.75) is 44.2 Å². The summed E-state index contributed by atoms with van der Waals surface area (Å²) in [6.45, 7) is 2.80. The van der Waals surface area contributed by atoms with E-state index in [2.05, 4.69) is 28.4 Å². The number of fused-ring (bicyclic) bond motifs is 1. The summed E-state index contributed by atoms with van der Waals surface area (Å²) in [5, 5.41) is 12.9. The van der Waals surface area contributed by atoms with Crippen LogP contribution in [0.2, 0.25) is 0 Å². The van der Waals surface area contributed by atoms with Crippen molar-refractivity contribution in [1.82, 2.24) is 10.2 Å². The number of carbonyl (C=O) groups excluding carboxylic acids is 1. The number of hydrogen-bond donors (Lipinski definition) is 2. The molecule has 0 bridgehead atoms. The number of hydrogen-bond acceptors (Lipinski definition) is 3. The maximum absolute atomic E-state index is 12.7. The summed E-state index contributed by atoms with van der Waals surface area (Å²) in [4.78, 5) is 15.1. The van der Waals surface area contributed by atoms with Crippen LogP contribution in [-0.4, -0.2) is 35.0 Å². The Kier molecular flexibility index (Phi) is 4.93. The first kappa shape index (κ1) is 17.1. The average Bonchev–Trinajstić information content (AvgIpc) is 3.08. The molecule has 26 heavy (non-hydrogen) atoms. The lowest BCUT2D eigenvalue weighted by Crippen LogP contribution is -2.45. The van der Waals surface area contributed by atoms with Crippen molar-refractivity contribution in [3.05, 3.63) is 65.2 Å². The highest BCUT2D eigenvalue weighted by Gasteiger charge is 2.30. The van der Waals surface area contributed by atoms with Gasteiger partial charge in [-0.1, -0.05) is 36.4 Å². The Morgan fingerprint density at radius 1 is 1.08 bits per heavy atom. The summed E-state index contributed by atoms with van der Waals surface area (Å²) >= 11 is 0. The highest BCUT2D eigenvalue weighted by molar-refractivity contribution is 5.85. The maximum atomic E-state index is 12.7. The average molecular weight is 350 g/mol. The summed E-state index contributed by atoms with van der Waals surface area (Å²) in [5.74, 6) is 0.541. The van der Waals surface area contributed by atoms with Gasteiger partial charge in [-0.25, -0.2) is 0 Å². The lowest BCUT2D eigenvalue weighted by atomic mass is 9.98. The van der Waals surface area contributed by atoms with Gasteiger partial charge in [-0.2, -0.15) is 0 Å². The second-order valence-electron chi connectivity index (χ2n) is 7.52. The molecule has 1 saturated heterocycles. The zero-order valence-electron chi connectivity index (χ0n) is 15.0. The van der Waals surface area contributed by atoms with Crippen LogP contribution in [-0.2, 0) is 17.8 Å². The molecule has 1 heterocycles. The van der Waals surface area contributed by atoms with E-state index in [4.69, 9.17) is 0 Å². The van der Waals surface area contributed by atoms with E-state index in [0.29, 0.717) is 5.75 Å². The molecule has 136 valence electrons. The fourth-order valence-corrected chi connectivity index (χ4v) is 4.28. The largest absolute Gasteiger partial charge is 0.508 e. The lowest BCUT2D eigenvalue weighted by molar-refractivity contribution is -0.123. The molecule has 1 amide bonds. The van der Waals surface area contributed by atoms with Crippen molar-refractivity contribution >= 4 is 5.91 Å². The van der Waals surface area contributed by atoms with E-state index in [0.717, 1.165) is 50.9 Å². The Morgan fingerprint density at radius 2 is 1.88 bits per heavy atom. The number of phenolic OH excluding ortho intramolecular Hbond substituents is 1. The standard InChI is InChI=1S/C22H26N2O2/c25-19-6-3-4-16(14-19)15-24-12-10-18(11-13-24)23-22(26)21-9-8-17-5-1-2-7-20(17)21/h1-7,14,18,21,25H,8-13,15H2,(H,23,26). The Morgan fingerprint density at radius 3 is 2.69 bits per heavy atom. The van der Waals surface area contributed by atoms with Crippen LogP contribution < -0.4 is 5.32 Å². The molecule has 0 saturated carbocycles. The van der Waals surface area contributed by atoms with Crippen molar-refractivity contribution in [2.75, 3.05) is 13.1 Å². The van der Waals surface area contributed by atoms with Crippen LogP contribution in [0.4, 0.5) is 0 Å². The summed E-state index contributed by atoms with van der Waals surface area (Å²) < 4.78 is 0. The monoisotopic (exact) mass is 350 g/mol. The number of nitrogens with one attached hydrogen (secondary N) is 1. The topological polar surface area (TPSA) is 52.6 Å². The first-order valence-corrected chi connectivity index (χ1v) is 9.57. The van der Waals surface area contributed by atoms with Gasteiger partial charge in [-0.3, -0.25) is 9.69 Å². The highest BCUT2D eigenvalue weighted by Crippen LogP contribution is 2.33. The van der Waals surface area contributed by atoms with E-state index < -0.39 is 0 Å². The van der Waals surface area contributed by atoms with E-state index >= 15 is 0 Å². The zero-order valence-corrected chi connectivity index (χ0v) is 15.0. The minimum atomic E-state index is 0.0246. The number of benzene rings is 2. The molecule has 2 aromatic rings. The minimum absolute atomic E-state index is 0.0246. The Bertz CT molecular complexity index is 781. The second kappa shape index (κ2) is 7.50. The predicted octanol–water partition coefficient (Wildman–Crippen LogP) is 3.20. The van der Waals surface area contributed by atoms with Crippen LogP contribution in [0.3, 0.4) is 0 Å². The summed E-state index contributed by atoms with van der Waals surface area (Å²) in [5.41, 5.74) is 3.68. The molecule has 4 heteroatoms. The van der Waals surface area contributed by atoms with Gasteiger partial charge in [0.2, 0.25) is 5.91 Å². The van der Waals surface area contributed by atoms with Crippen LogP contribution in [0.25, 0.3) is 0 Å². The van der Waals surface area contributed by atoms with E-state index in [1.807, 2.05) is 24.3 Å². The summed E-state index contributed by atoms with van der Waals surface area (Å²) in [6.07, 6.45) is 3.91. The molecule has 2 N–H and O–H groups in total. The van der Waals surface area contributed by atoms with Crippen molar-refractivity contribution < 1.29 is 9.90 Å². The van der Waals surface area contributed by atoms with Crippen LogP contribution in [0.1, 0.15) is 41.9 Å². The highest BCUT2D eigenvalue weighted by atomic mass is 16.3. The number of aryl methyl sites for hydroxylation is 1. The Hall–Kier alpha value is -2.33. The number of amides is 1. The first-order valence-electron chi connectivity index (χ1n) is 9.57. The molecule has 1 aliphatic heterocycles. The molecule has 1 aliphatic carbocycles. The molecule has 2 aromatic carbocycles. The molecule has 4 nitrogen and oxygen atoms in total. The molecule has 1 fully saturated rings. The molecule has 4 rings (SSSR count). The third-order valence-corrected chi connectivity index (χ3v) is 5.70. The van der Waals surface area contributed by atoms with E-state index in [1.165, 1.54) is 11.1 Å². The number of rotatable bonds is 4. The van der Waals surface area contributed by atoms with E-state index in [9.17, 15) is 9.90 Å². The molecule has 0 radical (unpaired) electrons. The first-order chi connectivity index (χ1) is 12.7. The molecule has 1 unspecified atom stereocenters. The third kappa shape index (κ3) is 3.75. The molecular weight excluding hydrogens is 324 g/mol. The molecule has 1 atom stereocenters. The number of nitrogens with zero attached hydrogens (tertiary/aromatic N) is 1. The number of piperidine rings is 1. The summed E-state index contributed by atoms with van der Waals surface area (Å²) in [7, 11) is 0. The third-order valence-electron chi connectivity index (χ3n) is 5.70. The van der Waals surface area contributed by atoms with Gasteiger partial charge in [-0.05, 0) is 54.5 Å². The van der Waals surface area contributed by atoms with E-state index in [1.54, 1.807) is 6.07 Å². The van der Waals surface area contributed by atoms with Crippen molar-refractivity contribution in [2.24, 2.45) is 0 Å². The SMILES string of the molecule is O=C(NC1CCN(Cc2cccc(O)c2)CC1)C1CCc2ccccc21. The Balaban J connectivity index is 1.28. The van der Waals surface area contributed by atoms with Gasteiger partial charge in [0.1, 0.15) is 5.75 Å². The quantitative estimate of drug-likeness (QED) is 0.890. The molecule has 2 aliphatic rings. The lowest BCUT2D eigenvalue weighted by Gasteiger charge is -2.33. The van der Waals surface area contributed by atoms with Crippen molar-refractivity contribution in [3.8, 4) is 5.75 Å². The normalized spacial score (nSPS) is 20.7. The fourth-order valence-electron chi connectivity index (χ4n) is 4.28. The summed E-state index contributed by atoms with van der Waals surface area (Å²) in [6, 6.07) is 16.1.